The minimum Gasteiger partial charge on any atom is -0.481 e. The van der Waals surface area contributed by atoms with Gasteiger partial charge in [0.1, 0.15) is 5.84 Å². The van der Waals surface area contributed by atoms with Crippen molar-refractivity contribution in [3.8, 4) is 0 Å². The molecule has 0 aliphatic carbocycles. The van der Waals surface area contributed by atoms with Crippen LogP contribution in [0.5, 0.6) is 0 Å². The zero-order valence-corrected chi connectivity index (χ0v) is 11.7. The minimum atomic E-state index is -0.776. The van der Waals surface area contributed by atoms with Crippen LogP contribution in [-0.2, 0) is 10.2 Å². The Kier molecular flexibility index (Phi) is 3.60. The van der Waals surface area contributed by atoms with Gasteiger partial charge in [0, 0.05) is 24.6 Å². The predicted octanol–water partition coefficient (Wildman–Crippen LogP) is 2.13. The lowest BCUT2D eigenvalue weighted by Crippen LogP contribution is -2.29. The van der Waals surface area contributed by atoms with Crippen LogP contribution in [0, 0.1) is 0 Å². The molecule has 1 aromatic rings. The van der Waals surface area contributed by atoms with Crippen molar-refractivity contribution in [1.82, 2.24) is 4.90 Å². The molecule has 1 aliphatic rings. The molecule has 4 nitrogen and oxygen atoms in total. The van der Waals surface area contributed by atoms with E-state index in [9.17, 15) is 4.79 Å². The Balaban J connectivity index is 2.44. The van der Waals surface area contributed by atoms with Crippen molar-refractivity contribution in [3.63, 3.8) is 0 Å². The number of aliphatic carboxylic acids is 1. The van der Waals surface area contributed by atoms with Gasteiger partial charge in [0.15, 0.2) is 0 Å². The highest BCUT2D eigenvalue weighted by Gasteiger charge is 2.29. The van der Waals surface area contributed by atoms with Crippen LogP contribution in [0.1, 0.15) is 31.4 Å². The topological polar surface area (TPSA) is 52.9 Å². The summed E-state index contributed by atoms with van der Waals surface area (Å²) < 4.78 is 0. The third kappa shape index (κ3) is 2.78. The quantitative estimate of drug-likeness (QED) is 0.902. The van der Waals surface area contributed by atoms with Crippen molar-refractivity contribution in [2.45, 2.75) is 25.7 Å². The summed E-state index contributed by atoms with van der Waals surface area (Å²) in [6.07, 6.45) is 0.112. The summed E-state index contributed by atoms with van der Waals surface area (Å²) in [5.41, 5.74) is 1.69. The fourth-order valence-corrected chi connectivity index (χ4v) is 2.56. The lowest BCUT2D eigenvalue weighted by molar-refractivity contribution is -0.138. The fourth-order valence-electron chi connectivity index (χ4n) is 2.56. The molecule has 1 heterocycles. The van der Waals surface area contributed by atoms with E-state index >= 15 is 0 Å². The van der Waals surface area contributed by atoms with E-state index in [2.05, 4.69) is 9.89 Å². The Morgan fingerprint density at radius 2 is 2.11 bits per heavy atom. The van der Waals surface area contributed by atoms with Crippen molar-refractivity contribution in [3.05, 3.63) is 35.4 Å². The molecule has 0 amide bonds. The molecular formula is C15H20N2O2. The number of carbonyl (C=O) groups is 1. The van der Waals surface area contributed by atoms with Crippen LogP contribution in [-0.4, -0.2) is 41.9 Å². The summed E-state index contributed by atoms with van der Waals surface area (Å²) in [5, 5.41) is 9.08. The van der Waals surface area contributed by atoms with E-state index < -0.39 is 11.4 Å². The Labute approximate surface area is 113 Å². The number of hydrogen-bond acceptors (Lipinski definition) is 3. The number of carboxylic acid groups (broad SMARTS) is 1. The van der Waals surface area contributed by atoms with E-state index in [0.29, 0.717) is 0 Å². The van der Waals surface area contributed by atoms with Crippen LogP contribution >= 0.6 is 0 Å². The predicted molar refractivity (Wildman–Crippen MR) is 75.8 cm³/mol. The summed E-state index contributed by atoms with van der Waals surface area (Å²) in [5.74, 6) is 0.190. The molecule has 0 saturated carbocycles. The molecule has 0 saturated heterocycles. The first kappa shape index (κ1) is 13.6. The highest BCUT2D eigenvalue weighted by Crippen LogP contribution is 2.31. The maximum absolute atomic E-state index is 11.0. The second-order valence-electron chi connectivity index (χ2n) is 5.63. The first-order valence-electron chi connectivity index (χ1n) is 6.49. The number of rotatable bonds is 4. The number of amidine groups is 1. The van der Waals surface area contributed by atoms with Crippen LogP contribution < -0.4 is 0 Å². The summed E-state index contributed by atoms with van der Waals surface area (Å²) in [6.45, 7) is 5.66. The first-order chi connectivity index (χ1) is 8.92. The van der Waals surface area contributed by atoms with E-state index in [-0.39, 0.29) is 6.42 Å². The van der Waals surface area contributed by atoms with Gasteiger partial charge < -0.3 is 10.0 Å². The first-order valence-corrected chi connectivity index (χ1v) is 6.49. The van der Waals surface area contributed by atoms with E-state index in [0.717, 1.165) is 30.1 Å². The van der Waals surface area contributed by atoms with Gasteiger partial charge in [-0.2, -0.15) is 0 Å². The van der Waals surface area contributed by atoms with Crippen molar-refractivity contribution in [2.24, 2.45) is 4.99 Å². The molecule has 0 aromatic heterocycles. The van der Waals surface area contributed by atoms with Crippen LogP contribution in [0.2, 0.25) is 0 Å². The Morgan fingerprint density at radius 1 is 1.42 bits per heavy atom. The Bertz CT molecular complexity index is 521. The molecule has 19 heavy (non-hydrogen) atoms. The van der Waals surface area contributed by atoms with Crippen LogP contribution in [0.15, 0.2) is 29.3 Å². The normalized spacial score (nSPS) is 15.5. The zero-order chi connectivity index (χ0) is 14.0. The number of likely N-dealkylation sites (N-methyl/N-ethyl adjacent to an activating group) is 1. The maximum Gasteiger partial charge on any atom is 0.304 e. The SMILES string of the molecule is CN1CCN=C1c1ccccc1C(C)(C)CC(=O)O. The smallest absolute Gasteiger partial charge is 0.304 e. The zero-order valence-electron chi connectivity index (χ0n) is 11.7. The average Bonchev–Trinajstić information content (AvgIpc) is 2.74. The maximum atomic E-state index is 11.0. The number of hydrogen-bond donors (Lipinski definition) is 1. The summed E-state index contributed by atoms with van der Waals surface area (Å²) >= 11 is 0. The second-order valence-corrected chi connectivity index (χ2v) is 5.63. The van der Waals surface area contributed by atoms with Crippen LogP contribution in [0.25, 0.3) is 0 Å². The van der Waals surface area contributed by atoms with E-state index in [1.807, 2.05) is 45.2 Å². The fraction of sp³-hybridized carbons (Fsp3) is 0.467. The van der Waals surface area contributed by atoms with Gasteiger partial charge >= 0.3 is 5.97 Å². The molecule has 0 bridgehead atoms. The molecule has 0 radical (unpaired) electrons. The van der Waals surface area contributed by atoms with E-state index in [4.69, 9.17) is 5.11 Å². The molecule has 0 spiro atoms. The molecule has 102 valence electrons. The molecule has 1 N–H and O–H groups in total. The van der Waals surface area contributed by atoms with Gasteiger partial charge in [-0.1, -0.05) is 38.1 Å². The van der Waals surface area contributed by atoms with Gasteiger partial charge in [-0.05, 0) is 5.56 Å². The van der Waals surface area contributed by atoms with Crippen molar-refractivity contribution in [1.29, 1.82) is 0 Å². The van der Waals surface area contributed by atoms with Crippen molar-refractivity contribution >= 4 is 11.8 Å². The lowest BCUT2D eigenvalue weighted by Gasteiger charge is -2.27. The number of carboxylic acids is 1. The van der Waals surface area contributed by atoms with Gasteiger partial charge in [0.05, 0.1) is 13.0 Å². The van der Waals surface area contributed by atoms with Crippen LogP contribution in [0.4, 0.5) is 0 Å². The van der Waals surface area contributed by atoms with Crippen molar-refractivity contribution in [2.75, 3.05) is 20.1 Å². The summed E-state index contributed by atoms with van der Waals surface area (Å²) in [7, 11) is 2.02. The Morgan fingerprint density at radius 3 is 2.68 bits per heavy atom. The monoisotopic (exact) mass is 260 g/mol. The third-order valence-electron chi connectivity index (χ3n) is 3.55. The molecule has 2 rings (SSSR count). The molecule has 1 aliphatic heterocycles. The van der Waals surface area contributed by atoms with Gasteiger partial charge in [0.25, 0.3) is 0 Å². The molecule has 0 fully saturated rings. The van der Waals surface area contributed by atoms with E-state index in [1.165, 1.54) is 0 Å². The number of benzene rings is 1. The molecule has 1 aromatic carbocycles. The Hall–Kier alpha value is -1.84. The lowest BCUT2D eigenvalue weighted by atomic mass is 9.79. The van der Waals surface area contributed by atoms with Crippen LogP contribution in [0.3, 0.4) is 0 Å². The number of aliphatic imine (C=N–C) groups is 1. The largest absolute Gasteiger partial charge is 0.481 e. The van der Waals surface area contributed by atoms with E-state index in [1.54, 1.807) is 0 Å². The minimum absolute atomic E-state index is 0.112. The van der Waals surface area contributed by atoms with Gasteiger partial charge in [-0.25, -0.2) is 0 Å². The summed E-state index contributed by atoms with van der Waals surface area (Å²) in [6, 6.07) is 7.97. The molecule has 0 unspecified atom stereocenters. The molecule has 0 atom stereocenters. The van der Waals surface area contributed by atoms with Gasteiger partial charge in [0.2, 0.25) is 0 Å². The highest BCUT2D eigenvalue weighted by molar-refractivity contribution is 6.01. The standard InChI is InChI=1S/C15H20N2O2/c1-15(2,10-13(18)19)12-7-5-4-6-11(12)14-16-8-9-17(14)3/h4-7H,8-10H2,1-3H3,(H,18,19). The van der Waals surface area contributed by atoms with Gasteiger partial charge in [-0.3, -0.25) is 9.79 Å². The molecular weight excluding hydrogens is 240 g/mol. The highest BCUT2D eigenvalue weighted by atomic mass is 16.4. The van der Waals surface area contributed by atoms with Gasteiger partial charge in [-0.15, -0.1) is 0 Å². The average molecular weight is 260 g/mol. The summed E-state index contributed by atoms with van der Waals surface area (Å²) in [4.78, 5) is 17.7. The second kappa shape index (κ2) is 5.03. The molecule has 4 heteroatoms. The third-order valence-corrected chi connectivity index (χ3v) is 3.55. The van der Waals surface area contributed by atoms with Crippen molar-refractivity contribution < 1.29 is 9.90 Å². The number of nitrogens with zero attached hydrogens (tertiary/aromatic N) is 2.